The van der Waals surface area contributed by atoms with Crippen LogP contribution >= 0.6 is 23.2 Å². The summed E-state index contributed by atoms with van der Waals surface area (Å²) in [5, 5.41) is 2.84. The molecule has 1 aromatic rings. The Bertz CT molecular complexity index is 441. The smallest absolute Gasteiger partial charge is 0.251 e. The zero-order valence-electron chi connectivity index (χ0n) is 9.10. The van der Waals surface area contributed by atoms with Crippen molar-refractivity contribution in [3.05, 3.63) is 34.6 Å². The summed E-state index contributed by atoms with van der Waals surface area (Å²) < 4.78 is 13.0. The molecule has 5 heteroatoms. The van der Waals surface area contributed by atoms with Crippen molar-refractivity contribution >= 4 is 29.1 Å². The fourth-order valence-electron chi connectivity index (χ4n) is 1.85. The van der Waals surface area contributed by atoms with Crippen molar-refractivity contribution in [2.45, 2.75) is 24.8 Å². The lowest BCUT2D eigenvalue weighted by molar-refractivity contribution is 0.0854. The molecule has 0 unspecified atom stereocenters. The van der Waals surface area contributed by atoms with Crippen molar-refractivity contribution in [3.8, 4) is 0 Å². The largest absolute Gasteiger partial charge is 0.345 e. The van der Waals surface area contributed by atoms with Crippen LogP contribution in [0.4, 0.5) is 4.39 Å². The Morgan fingerprint density at radius 2 is 2.18 bits per heavy atom. The summed E-state index contributed by atoms with van der Waals surface area (Å²) in [5.74, 6) is -0.389. The van der Waals surface area contributed by atoms with Gasteiger partial charge in [-0.05, 0) is 37.5 Å². The molecule has 1 amide bonds. The maximum Gasteiger partial charge on any atom is 0.251 e. The monoisotopic (exact) mass is 275 g/mol. The van der Waals surface area contributed by atoms with E-state index in [9.17, 15) is 9.18 Å². The minimum Gasteiger partial charge on any atom is -0.345 e. The van der Waals surface area contributed by atoms with Crippen LogP contribution in [0.15, 0.2) is 18.2 Å². The van der Waals surface area contributed by atoms with Crippen molar-refractivity contribution in [2.75, 3.05) is 5.88 Å². The SMILES string of the molecule is O=C(NC1(CCl)CCC1)c1ccc(F)c(Cl)c1. The van der Waals surface area contributed by atoms with Crippen LogP contribution < -0.4 is 5.32 Å². The summed E-state index contributed by atoms with van der Waals surface area (Å²) in [5.41, 5.74) is 0.0623. The summed E-state index contributed by atoms with van der Waals surface area (Å²) in [7, 11) is 0. The van der Waals surface area contributed by atoms with Crippen LogP contribution in [0.5, 0.6) is 0 Å². The second-order valence-corrected chi connectivity index (χ2v) is 5.02. The third kappa shape index (κ3) is 2.55. The average molecular weight is 276 g/mol. The van der Waals surface area contributed by atoms with Gasteiger partial charge in [-0.2, -0.15) is 0 Å². The Morgan fingerprint density at radius 3 is 2.65 bits per heavy atom. The summed E-state index contributed by atoms with van der Waals surface area (Å²) in [6, 6.07) is 3.93. The fraction of sp³-hybridized carbons (Fsp3) is 0.417. The minimum atomic E-state index is -0.529. The molecule has 1 fully saturated rings. The highest BCUT2D eigenvalue weighted by molar-refractivity contribution is 6.31. The Hall–Kier alpha value is -0.800. The first-order valence-electron chi connectivity index (χ1n) is 5.40. The van der Waals surface area contributed by atoms with Gasteiger partial charge in [0, 0.05) is 11.4 Å². The molecule has 1 saturated carbocycles. The highest BCUT2D eigenvalue weighted by atomic mass is 35.5. The first kappa shape index (κ1) is 12.7. The molecule has 0 bridgehead atoms. The highest BCUT2D eigenvalue weighted by Gasteiger charge is 2.37. The maximum atomic E-state index is 13.0. The molecule has 0 radical (unpaired) electrons. The van der Waals surface area contributed by atoms with Crippen molar-refractivity contribution < 1.29 is 9.18 Å². The molecule has 0 atom stereocenters. The normalized spacial score (nSPS) is 17.4. The van der Waals surface area contributed by atoms with E-state index in [0.29, 0.717) is 11.4 Å². The first-order valence-corrected chi connectivity index (χ1v) is 6.31. The quantitative estimate of drug-likeness (QED) is 0.842. The molecule has 0 aromatic heterocycles. The lowest BCUT2D eigenvalue weighted by Gasteiger charge is -2.41. The van der Waals surface area contributed by atoms with E-state index in [2.05, 4.69) is 5.32 Å². The van der Waals surface area contributed by atoms with Gasteiger partial charge in [0.05, 0.1) is 10.6 Å². The van der Waals surface area contributed by atoms with E-state index in [0.717, 1.165) is 19.3 Å². The molecule has 92 valence electrons. The number of halogens is 3. The van der Waals surface area contributed by atoms with Gasteiger partial charge in [-0.3, -0.25) is 4.79 Å². The fourth-order valence-corrected chi connectivity index (χ4v) is 2.36. The number of carbonyl (C=O) groups excluding carboxylic acids is 1. The molecule has 2 rings (SSSR count). The standard InChI is InChI=1S/C12H12Cl2FNO/c13-7-12(4-1-5-12)16-11(17)8-2-3-10(15)9(14)6-8/h2-3,6H,1,4-5,7H2,(H,16,17). The topological polar surface area (TPSA) is 29.1 Å². The minimum absolute atomic E-state index is 0.0498. The number of benzene rings is 1. The van der Waals surface area contributed by atoms with Gasteiger partial charge >= 0.3 is 0 Å². The van der Waals surface area contributed by atoms with E-state index in [1.165, 1.54) is 18.2 Å². The Kier molecular flexibility index (Phi) is 3.59. The van der Waals surface area contributed by atoms with Crippen LogP contribution in [0.3, 0.4) is 0 Å². The van der Waals surface area contributed by atoms with E-state index >= 15 is 0 Å². The van der Waals surface area contributed by atoms with E-state index in [-0.39, 0.29) is 16.5 Å². The van der Waals surface area contributed by atoms with Gasteiger partial charge in [0.2, 0.25) is 0 Å². The number of alkyl halides is 1. The molecule has 1 aliphatic carbocycles. The Morgan fingerprint density at radius 1 is 1.47 bits per heavy atom. The predicted octanol–water partition coefficient (Wildman–Crippen LogP) is 3.37. The van der Waals surface area contributed by atoms with Gasteiger partial charge in [0.15, 0.2) is 0 Å². The molecule has 1 aliphatic rings. The van der Waals surface area contributed by atoms with Crippen molar-refractivity contribution in [1.82, 2.24) is 5.32 Å². The summed E-state index contributed by atoms with van der Waals surface area (Å²) >= 11 is 11.5. The number of hydrogen-bond acceptors (Lipinski definition) is 1. The molecule has 1 aromatic carbocycles. The molecule has 0 aliphatic heterocycles. The third-order valence-electron chi connectivity index (χ3n) is 3.13. The molecule has 2 nitrogen and oxygen atoms in total. The maximum absolute atomic E-state index is 13.0. The van der Waals surface area contributed by atoms with E-state index in [4.69, 9.17) is 23.2 Å². The van der Waals surface area contributed by atoms with Crippen LogP contribution in [-0.4, -0.2) is 17.3 Å². The molecule has 0 spiro atoms. The molecule has 0 saturated heterocycles. The van der Waals surface area contributed by atoms with Gasteiger partial charge in [0.25, 0.3) is 5.91 Å². The van der Waals surface area contributed by atoms with Crippen LogP contribution in [0.1, 0.15) is 29.6 Å². The van der Waals surface area contributed by atoms with Crippen molar-refractivity contribution in [1.29, 1.82) is 0 Å². The van der Waals surface area contributed by atoms with Gasteiger partial charge in [-0.1, -0.05) is 11.6 Å². The zero-order valence-corrected chi connectivity index (χ0v) is 10.6. The van der Waals surface area contributed by atoms with Crippen LogP contribution in [0.25, 0.3) is 0 Å². The van der Waals surface area contributed by atoms with Crippen molar-refractivity contribution in [2.24, 2.45) is 0 Å². The summed E-state index contributed by atoms with van der Waals surface area (Å²) in [6.45, 7) is 0. The number of carbonyl (C=O) groups is 1. The lowest BCUT2D eigenvalue weighted by Crippen LogP contribution is -2.55. The zero-order chi connectivity index (χ0) is 12.5. The Labute approximate surface area is 109 Å². The Balaban J connectivity index is 2.11. The van der Waals surface area contributed by atoms with Crippen LogP contribution in [0, 0.1) is 5.82 Å². The van der Waals surface area contributed by atoms with Crippen LogP contribution in [0.2, 0.25) is 5.02 Å². The van der Waals surface area contributed by atoms with Gasteiger partial charge in [-0.15, -0.1) is 11.6 Å². The number of rotatable bonds is 3. The first-order chi connectivity index (χ1) is 8.06. The van der Waals surface area contributed by atoms with Gasteiger partial charge in [-0.25, -0.2) is 4.39 Å². The van der Waals surface area contributed by atoms with Gasteiger partial charge in [0.1, 0.15) is 5.82 Å². The number of hydrogen-bond donors (Lipinski definition) is 1. The molecule has 17 heavy (non-hydrogen) atoms. The van der Waals surface area contributed by atoms with Crippen LogP contribution in [-0.2, 0) is 0 Å². The second-order valence-electron chi connectivity index (χ2n) is 4.35. The number of amides is 1. The molecular formula is C12H12Cl2FNO. The van der Waals surface area contributed by atoms with Gasteiger partial charge < -0.3 is 5.32 Å². The predicted molar refractivity (Wildman–Crippen MR) is 66.2 cm³/mol. The highest BCUT2D eigenvalue weighted by Crippen LogP contribution is 2.33. The lowest BCUT2D eigenvalue weighted by atomic mass is 9.78. The van der Waals surface area contributed by atoms with E-state index < -0.39 is 5.82 Å². The molecule has 1 N–H and O–H groups in total. The van der Waals surface area contributed by atoms with Crippen molar-refractivity contribution in [3.63, 3.8) is 0 Å². The average Bonchev–Trinajstić information content (AvgIpc) is 2.27. The third-order valence-corrected chi connectivity index (χ3v) is 3.93. The molecule has 0 heterocycles. The summed E-state index contributed by atoms with van der Waals surface area (Å²) in [6.07, 6.45) is 2.84. The number of nitrogens with one attached hydrogen (secondary N) is 1. The second kappa shape index (κ2) is 4.83. The van der Waals surface area contributed by atoms with E-state index in [1.54, 1.807) is 0 Å². The summed E-state index contributed by atoms with van der Waals surface area (Å²) in [4.78, 5) is 11.9. The van der Waals surface area contributed by atoms with E-state index in [1.807, 2.05) is 0 Å². The molecular weight excluding hydrogens is 264 g/mol.